The van der Waals surface area contributed by atoms with Gasteiger partial charge in [0.2, 0.25) is 0 Å². The molecule has 1 aliphatic carbocycles. The molecule has 140 valence electrons. The molecule has 0 unspecified atom stereocenters. The Labute approximate surface area is 166 Å². The lowest BCUT2D eigenvalue weighted by Gasteiger charge is -2.37. The van der Waals surface area contributed by atoms with Gasteiger partial charge in [0.15, 0.2) is 9.84 Å². The maximum atomic E-state index is 12.7. The fourth-order valence-electron chi connectivity index (χ4n) is 3.48. The Morgan fingerprint density at radius 1 is 1.15 bits per heavy atom. The van der Waals surface area contributed by atoms with Crippen LogP contribution in [0.25, 0.3) is 6.08 Å². The third-order valence-electron chi connectivity index (χ3n) is 5.04. The van der Waals surface area contributed by atoms with E-state index in [9.17, 15) is 18.0 Å². The summed E-state index contributed by atoms with van der Waals surface area (Å²) in [5.74, 6) is -0.406. The number of rotatable bonds is 4. The maximum absolute atomic E-state index is 12.7. The number of nitrogens with zero attached hydrogens (tertiary/aromatic N) is 1. The highest BCUT2D eigenvalue weighted by Gasteiger charge is 2.47. The van der Waals surface area contributed by atoms with Crippen LogP contribution in [0.4, 0.5) is 4.79 Å². The minimum Gasteiger partial charge on any atom is -0.268 e. The molecule has 0 bridgehead atoms. The first-order valence-electron chi connectivity index (χ1n) is 8.42. The van der Waals surface area contributed by atoms with Crippen molar-refractivity contribution in [1.82, 2.24) is 4.90 Å². The maximum Gasteiger partial charge on any atom is 0.293 e. The first-order chi connectivity index (χ1) is 12.2. The largest absolute Gasteiger partial charge is 0.293 e. The summed E-state index contributed by atoms with van der Waals surface area (Å²) in [7, 11) is -3.38. The van der Waals surface area contributed by atoms with Crippen molar-refractivity contribution in [3.63, 3.8) is 0 Å². The highest BCUT2D eigenvalue weighted by Crippen LogP contribution is 2.39. The molecule has 3 rings (SSSR count). The quantitative estimate of drug-likeness (QED) is 0.632. The van der Waals surface area contributed by atoms with E-state index in [4.69, 9.17) is 0 Å². The molecule has 1 saturated heterocycles. The van der Waals surface area contributed by atoms with Crippen LogP contribution in [0.5, 0.6) is 0 Å². The van der Waals surface area contributed by atoms with Crippen LogP contribution in [0, 0.1) is 0 Å². The topological polar surface area (TPSA) is 71.5 Å². The van der Waals surface area contributed by atoms with Crippen LogP contribution in [0.15, 0.2) is 33.6 Å². The van der Waals surface area contributed by atoms with Gasteiger partial charge in [0.05, 0.1) is 9.65 Å². The van der Waals surface area contributed by atoms with E-state index in [1.807, 2.05) is 24.3 Å². The van der Waals surface area contributed by atoms with Crippen LogP contribution in [-0.2, 0) is 14.6 Å². The van der Waals surface area contributed by atoms with Crippen LogP contribution in [0.3, 0.4) is 0 Å². The second kappa shape index (κ2) is 7.48. The van der Waals surface area contributed by atoms with Crippen molar-refractivity contribution in [2.24, 2.45) is 0 Å². The molecular formula is C18H20BrNO4S2. The van der Waals surface area contributed by atoms with Crippen LogP contribution in [0.1, 0.15) is 37.7 Å². The summed E-state index contributed by atoms with van der Waals surface area (Å²) in [5, 5.41) is -0.396. The van der Waals surface area contributed by atoms with E-state index in [2.05, 4.69) is 15.9 Å². The highest BCUT2D eigenvalue weighted by molar-refractivity contribution is 9.10. The zero-order valence-electron chi connectivity index (χ0n) is 14.4. The molecule has 1 aliphatic heterocycles. The van der Waals surface area contributed by atoms with Crippen molar-refractivity contribution >= 4 is 54.8 Å². The molecule has 0 aromatic heterocycles. The van der Waals surface area contributed by atoms with Crippen LogP contribution >= 0.6 is 27.7 Å². The van der Waals surface area contributed by atoms with Gasteiger partial charge in [-0.15, -0.1) is 0 Å². The average molecular weight is 458 g/mol. The number of carbonyl (C=O) groups is 2. The van der Waals surface area contributed by atoms with Gasteiger partial charge in [0, 0.05) is 17.3 Å². The third-order valence-corrected chi connectivity index (χ3v) is 8.59. The highest BCUT2D eigenvalue weighted by atomic mass is 79.9. The molecule has 0 atom stereocenters. The van der Waals surface area contributed by atoms with Crippen molar-refractivity contribution in [3.8, 4) is 0 Å². The fraction of sp³-hybridized carbons (Fsp3) is 0.444. The van der Waals surface area contributed by atoms with Gasteiger partial charge in [0.1, 0.15) is 0 Å². The number of hydrogen-bond acceptors (Lipinski definition) is 5. The lowest BCUT2D eigenvalue weighted by Crippen LogP contribution is -2.50. The van der Waals surface area contributed by atoms with Crippen LogP contribution in [-0.4, -0.2) is 42.0 Å². The molecule has 5 nitrogen and oxygen atoms in total. The predicted octanol–water partition coefficient (Wildman–Crippen LogP) is 4.23. The van der Waals surface area contributed by atoms with Gasteiger partial charge in [0.25, 0.3) is 11.1 Å². The van der Waals surface area contributed by atoms with Crippen molar-refractivity contribution < 1.29 is 18.0 Å². The second-order valence-corrected chi connectivity index (χ2v) is 11.2. The molecule has 2 aliphatic rings. The van der Waals surface area contributed by atoms with Crippen LogP contribution < -0.4 is 0 Å². The Bertz CT molecular complexity index is 856. The normalized spacial score (nSPS) is 22.2. The number of halogens is 1. The molecule has 0 radical (unpaired) electrons. The number of carbonyl (C=O) groups excluding carboxylic acids is 2. The Hall–Kier alpha value is -1.12. The SMILES string of the molecule is CS(=O)(=O)C1(CN2C(=O)SC(=Cc3ccc(Br)cc3)C2=O)CCCCC1. The lowest BCUT2D eigenvalue weighted by atomic mass is 9.88. The standard InChI is InChI=1S/C18H20BrNO4S2/c1-26(23,24)18(9-3-2-4-10-18)12-20-16(21)15(25-17(20)22)11-13-5-7-14(19)8-6-13/h5-8,11H,2-4,9-10,12H2,1H3. The molecule has 26 heavy (non-hydrogen) atoms. The lowest BCUT2D eigenvalue weighted by molar-refractivity contribution is -0.123. The summed E-state index contributed by atoms with van der Waals surface area (Å²) in [6.45, 7) is -0.0474. The number of thioether (sulfide) groups is 1. The summed E-state index contributed by atoms with van der Waals surface area (Å²) in [6, 6.07) is 7.40. The number of imide groups is 1. The Morgan fingerprint density at radius 3 is 2.35 bits per heavy atom. The van der Waals surface area contributed by atoms with Gasteiger partial charge in [-0.3, -0.25) is 14.5 Å². The van der Waals surface area contributed by atoms with E-state index in [0.29, 0.717) is 17.7 Å². The predicted molar refractivity (Wildman–Crippen MR) is 107 cm³/mol. The Balaban J connectivity index is 1.85. The zero-order chi connectivity index (χ0) is 18.9. The van der Waals surface area contributed by atoms with Crippen molar-refractivity contribution in [1.29, 1.82) is 0 Å². The van der Waals surface area contributed by atoms with Gasteiger partial charge in [-0.1, -0.05) is 47.3 Å². The number of amides is 2. The number of sulfone groups is 1. The molecule has 1 aromatic rings. The van der Waals surface area contributed by atoms with Gasteiger partial charge in [-0.2, -0.15) is 0 Å². The van der Waals surface area contributed by atoms with E-state index in [0.717, 1.165) is 46.0 Å². The van der Waals surface area contributed by atoms with E-state index < -0.39 is 25.7 Å². The second-order valence-electron chi connectivity index (χ2n) is 6.84. The molecule has 8 heteroatoms. The van der Waals surface area contributed by atoms with Crippen molar-refractivity contribution in [2.75, 3.05) is 12.8 Å². The molecule has 2 amide bonds. The third kappa shape index (κ3) is 3.92. The Kier molecular flexibility index (Phi) is 5.65. The summed E-state index contributed by atoms with van der Waals surface area (Å²) in [6.07, 6.45) is 6.48. The molecule has 0 N–H and O–H groups in total. The van der Waals surface area contributed by atoms with Gasteiger partial charge < -0.3 is 0 Å². The van der Waals surface area contributed by atoms with E-state index in [-0.39, 0.29) is 6.54 Å². The molecule has 1 heterocycles. The van der Waals surface area contributed by atoms with Gasteiger partial charge in [-0.05, 0) is 48.4 Å². The summed E-state index contributed by atoms with van der Waals surface area (Å²) in [4.78, 5) is 26.6. The molecule has 2 fully saturated rings. The monoisotopic (exact) mass is 457 g/mol. The molecule has 1 saturated carbocycles. The summed E-state index contributed by atoms with van der Waals surface area (Å²) < 4.78 is 24.8. The minimum absolute atomic E-state index is 0.0474. The minimum atomic E-state index is -3.38. The van der Waals surface area contributed by atoms with E-state index in [1.54, 1.807) is 6.08 Å². The first kappa shape index (κ1) is 19.6. The smallest absolute Gasteiger partial charge is 0.268 e. The molecule has 0 spiro atoms. The van der Waals surface area contributed by atoms with E-state index in [1.165, 1.54) is 6.26 Å². The first-order valence-corrected chi connectivity index (χ1v) is 11.9. The molecule has 1 aromatic carbocycles. The Morgan fingerprint density at radius 2 is 1.77 bits per heavy atom. The van der Waals surface area contributed by atoms with Crippen molar-refractivity contribution in [3.05, 3.63) is 39.2 Å². The van der Waals surface area contributed by atoms with Gasteiger partial charge in [-0.25, -0.2) is 8.42 Å². The summed E-state index contributed by atoms with van der Waals surface area (Å²) >= 11 is 4.23. The summed E-state index contributed by atoms with van der Waals surface area (Å²) in [5.41, 5.74) is 0.814. The number of benzene rings is 1. The van der Waals surface area contributed by atoms with Crippen LogP contribution in [0.2, 0.25) is 0 Å². The van der Waals surface area contributed by atoms with E-state index >= 15 is 0 Å². The zero-order valence-corrected chi connectivity index (χ0v) is 17.6. The van der Waals surface area contributed by atoms with Gasteiger partial charge >= 0.3 is 0 Å². The number of hydrogen-bond donors (Lipinski definition) is 0. The fourth-order valence-corrected chi connectivity index (χ4v) is 5.97. The molecular weight excluding hydrogens is 438 g/mol. The van der Waals surface area contributed by atoms with Crippen molar-refractivity contribution in [2.45, 2.75) is 36.9 Å². The average Bonchev–Trinajstić information content (AvgIpc) is 2.84.